The molecule has 3 rings (SSSR count). The van der Waals surface area contributed by atoms with Gasteiger partial charge in [-0.15, -0.1) is 11.8 Å². The maximum atomic E-state index is 12.8. The van der Waals surface area contributed by atoms with E-state index in [2.05, 4.69) is 42.3 Å². The first-order chi connectivity index (χ1) is 15.1. The molecule has 0 saturated carbocycles. The van der Waals surface area contributed by atoms with Crippen molar-refractivity contribution in [2.75, 3.05) is 53.2 Å². The van der Waals surface area contributed by atoms with E-state index in [1.165, 1.54) is 10.5 Å². The zero-order chi connectivity index (χ0) is 22.1. The number of nitrogens with zero attached hydrogens (tertiary/aromatic N) is 2. The second kappa shape index (κ2) is 12.0. The van der Waals surface area contributed by atoms with Gasteiger partial charge in [-0.3, -0.25) is 4.79 Å². The summed E-state index contributed by atoms with van der Waals surface area (Å²) in [7, 11) is 5.45. The molecule has 0 saturated heterocycles. The number of hydrogen-bond acceptors (Lipinski definition) is 5. The predicted molar refractivity (Wildman–Crippen MR) is 127 cm³/mol. The number of carbonyl (C=O) groups excluding carboxylic acids is 1. The van der Waals surface area contributed by atoms with Gasteiger partial charge in [0.25, 0.3) is 0 Å². The van der Waals surface area contributed by atoms with Crippen molar-refractivity contribution in [3.8, 4) is 11.5 Å². The van der Waals surface area contributed by atoms with Crippen LogP contribution in [0.5, 0.6) is 11.5 Å². The van der Waals surface area contributed by atoms with Gasteiger partial charge in [-0.2, -0.15) is 0 Å². The van der Waals surface area contributed by atoms with Crippen LogP contribution in [0, 0.1) is 0 Å². The zero-order valence-electron chi connectivity index (χ0n) is 18.9. The van der Waals surface area contributed by atoms with Gasteiger partial charge in [-0.1, -0.05) is 18.2 Å². The summed E-state index contributed by atoms with van der Waals surface area (Å²) in [5, 5.41) is 0. The summed E-state index contributed by atoms with van der Waals surface area (Å²) in [5.41, 5.74) is 2.24. The summed E-state index contributed by atoms with van der Waals surface area (Å²) in [5.74, 6) is 2.75. The summed E-state index contributed by atoms with van der Waals surface area (Å²) in [6, 6.07) is 14.5. The molecule has 1 aliphatic heterocycles. The molecule has 0 aromatic heterocycles. The topological polar surface area (TPSA) is 42.0 Å². The summed E-state index contributed by atoms with van der Waals surface area (Å²) in [6.45, 7) is 3.66. The maximum Gasteiger partial charge on any atom is 0.227 e. The predicted octanol–water partition coefficient (Wildman–Crippen LogP) is 4.14. The van der Waals surface area contributed by atoms with Crippen molar-refractivity contribution in [3.05, 3.63) is 53.6 Å². The smallest absolute Gasteiger partial charge is 0.227 e. The van der Waals surface area contributed by atoms with E-state index in [4.69, 9.17) is 9.47 Å². The maximum absolute atomic E-state index is 12.8. The highest BCUT2D eigenvalue weighted by Gasteiger charge is 2.22. The van der Waals surface area contributed by atoms with Gasteiger partial charge in [-0.05, 0) is 80.5 Å². The van der Waals surface area contributed by atoms with Crippen molar-refractivity contribution >= 4 is 17.7 Å². The Bertz CT molecular complexity index is 844. The molecule has 0 unspecified atom stereocenters. The van der Waals surface area contributed by atoms with Crippen LogP contribution in [0.3, 0.4) is 0 Å². The minimum atomic E-state index is 0.202. The molecule has 0 atom stereocenters. The van der Waals surface area contributed by atoms with Crippen LogP contribution in [0.15, 0.2) is 47.4 Å². The molecule has 0 radical (unpaired) electrons. The summed E-state index contributed by atoms with van der Waals surface area (Å²) in [6.07, 6.45) is 3.45. The van der Waals surface area contributed by atoms with Gasteiger partial charge in [0.15, 0.2) is 11.5 Å². The average molecular weight is 443 g/mol. The number of amides is 1. The van der Waals surface area contributed by atoms with Crippen LogP contribution in [-0.2, 0) is 17.6 Å². The highest BCUT2D eigenvalue weighted by molar-refractivity contribution is 7.99. The van der Waals surface area contributed by atoms with Crippen LogP contribution in [0.1, 0.15) is 24.0 Å². The first-order valence-corrected chi connectivity index (χ1v) is 12.0. The fourth-order valence-corrected chi connectivity index (χ4v) is 4.80. The lowest BCUT2D eigenvalue weighted by molar-refractivity contribution is -0.130. The van der Waals surface area contributed by atoms with Gasteiger partial charge in [0.05, 0.1) is 20.6 Å². The molecule has 1 heterocycles. The third kappa shape index (κ3) is 6.91. The number of rotatable bonds is 11. The molecule has 6 heteroatoms. The molecule has 0 fully saturated rings. The normalized spacial score (nSPS) is 13.8. The lowest BCUT2D eigenvalue weighted by Crippen LogP contribution is -2.35. The second-order valence-electron chi connectivity index (χ2n) is 7.96. The summed E-state index contributed by atoms with van der Waals surface area (Å²) in [4.78, 5) is 18.5. The lowest BCUT2D eigenvalue weighted by Gasteiger charge is -2.22. The molecule has 0 spiro atoms. The van der Waals surface area contributed by atoms with E-state index in [9.17, 15) is 4.79 Å². The molecule has 168 valence electrons. The molecular weight excluding hydrogens is 408 g/mol. The van der Waals surface area contributed by atoms with E-state index < -0.39 is 0 Å². The Morgan fingerprint density at radius 3 is 2.39 bits per heavy atom. The Morgan fingerprint density at radius 2 is 1.68 bits per heavy atom. The van der Waals surface area contributed by atoms with Crippen molar-refractivity contribution in [1.82, 2.24) is 9.80 Å². The largest absolute Gasteiger partial charge is 0.493 e. The lowest BCUT2D eigenvalue weighted by atomic mass is 10.0. The number of fused-ring (bicyclic) bond motifs is 1. The van der Waals surface area contributed by atoms with Crippen molar-refractivity contribution in [1.29, 1.82) is 0 Å². The molecule has 2 aromatic rings. The number of benzene rings is 2. The first kappa shape index (κ1) is 23.5. The van der Waals surface area contributed by atoms with Crippen molar-refractivity contribution < 1.29 is 14.3 Å². The summed E-state index contributed by atoms with van der Waals surface area (Å²) < 4.78 is 10.8. The van der Waals surface area contributed by atoms with E-state index in [-0.39, 0.29) is 5.91 Å². The Hall–Kier alpha value is -2.18. The second-order valence-corrected chi connectivity index (χ2v) is 9.12. The fourth-order valence-electron chi connectivity index (χ4n) is 3.94. The van der Waals surface area contributed by atoms with Crippen molar-refractivity contribution in [2.24, 2.45) is 0 Å². The van der Waals surface area contributed by atoms with E-state index >= 15 is 0 Å². The Kier molecular flexibility index (Phi) is 9.10. The molecular formula is C25H34N2O3S. The molecule has 1 aliphatic rings. The van der Waals surface area contributed by atoms with Crippen LogP contribution in [0.25, 0.3) is 0 Å². The van der Waals surface area contributed by atoms with Crippen LogP contribution >= 0.6 is 11.8 Å². The molecule has 0 N–H and O–H groups in total. The number of hydrogen-bond donors (Lipinski definition) is 0. The SMILES string of the molecule is COc1cc2c(cc1OC)CC(=O)N(CCCN(C)CCCSc1ccccc1)CC2. The Labute approximate surface area is 190 Å². The van der Waals surface area contributed by atoms with Crippen molar-refractivity contribution in [3.63, 3.8) is 0 Å². The van der Waals surface area contributed by atoms with Crippen LogP contribution in [-0.4, -0.2) is 68.9 Å². The molecule has 1 amide bonds. The number of carbonyl (C=O) groups is 1. The van der Waals surface area contributed by atoms with Crippen molar-refractivity contribution in [2.45, 2.75) is 30.6 Å². The fraction of sp³-hybridized carbons (Fsp3) is 0.480. The number of thioether (sulfide) groups is 1. The highest BCUT2D eigenvalue weighted by atomic mass is 32.2. The number of methoxy groups -OCH3 is 2. The van der Waals surface area contributed by atoms with Gasteiger partial charge in [0.1, 0.15) is 0 Å². The summed E-state index contributed by atoms with van der Waals surface area (Å²) >= 11 is 1.91. The van der Waals surface area contributed by atoms with Gasteiger partial charge in [-0.25, -0.2) is 0 Å². The standard InChI is InChI=1S/C25H34N2O3S/c1-26(13-8-16-31-22-9-5-4-6-10-22)12-7-14-27-15-11-20-17-23(29-2)24(30-3)18-21(20)19-25(27)28/h4-6,9-10,17-18H,7-8,11-16,19H2,1-3H3. The Morgan fingerprint density at radius 1 is 1.00 bits per heavy atom. The quantitative estimate of drug-likeness (QED) is 0.387. The highest BCUT2D eigenvalue weighted by Crippen LogP contribution is 2.32. The van der Waals surface area contributed by atoms with E-state index in [0.29, 0.717) is 12.2 Å². The van der Waals surface area contributed by atoms with E-state index in [1.807, 2.05) is 28.8 Å². The molecule has 0 aliphatic carbocycles. The third-order valence-corrected chi connectivity index (χ3v) is 6.81. The Balaban J connectivity index is 1.40. The zero-order valence-corrected chi connectivity index (χ0v) is 19.7. The van der Waals surface area contributed by atoms with Gasteiger partial charge >= 0.3 is 0 Å². The molecule has 5 nitrogen and oxygen atoms in total. The van der Waals surface area contributed by atoms with Gasteiger partial charge in [0, 0.05) is 18.0 Å². The van der Waals surface area contributed by atoms with E-state index in [0.717, 1.165) is 62.5 Å². The van der Waals surface area contributed by atoms with Gasteiger partial charge < -0.3 is 19.3 Å². The number of ether oxygens (including phenoxy) is 2. The average Bonchev–Trinajstić information content (AvgIpc) is 2.94. The minimum absolute atomic E-state index is 0.202. The van der Waals surface area contributed by atoms with Crippen LogP contribution in [0.2, 0.25) is 0 Å². The molecule has 2 aromatic carbocycles. The van der Waals surface area contributed by atoms with Gasteiger partial charge in [0.2, 0.25) is 5.91 Å². The molecule has 31 heavy (non-hydrogen) atoms. The van der Waals surface area contributed by atoms with Crippen LogP contribution < -0.4 is 9.47 Å². The van der Waals surface area contributed by atoms with E-state index in [1.54, 1.807) is 14.2 Å². The monoisotopic (exact) mass is 442 g/mol. The molecule has 0 bridgehead atoms. The third-order valence-electron chi connectivity index (χ3n) is 5.72. The van der Waals surface area contributed by atoms with Crippen LogP contribution in [0.4, 0.5) is 0 Å². The first-order valence-electron chi connectivity index (χ1n) is 11.0. The minimum Gasteiger partial charge on any atom is -0.493 e.